The fourth-order valence-electron chi connectivity index (χ4n) is 3.08. The molecule has 0 atom stereocenters. The maximum absolute atomic E-state index is 11.7. The van der Waals surface area contributed by atoms with E-state index in [0.717, 1.165) is 41.4 Å². The number of aromatic carboxylic acids is 1. The van der Waals surface area contributed by atoms with Gasteiger partial charge in [-0.2, -0.15) is 0 Å². The van der Waals surface area contributed by atoms with Crippen LogP contribution in [0, 0.1) is 6.92 Å². The van der Waals surface area contributed by atoms with Gasteiger partial charge in [-0.3, -0.25) is 0 Å². The second-order valence-corrected chi connectivity index (χ2v) is 5.45. The predicted octanol–water partition coefficient (Wildman–Crippen LogP) is 3.12. The van der Waals surface area contributed by atoms with Gasteiger partial charge in [0.1, 0.15) is 0 Å². The molecule has 0 saturated carbocycles. The standard InChI is InChI=1S/C17H24N2O2/c1-4-6-13-11(3)19(8-7-18)16-14(13)9-12(5-2)10-15(16)17(20)21/h9-10H,4-8,18H2,1-3H3,(H,20,21). The third-order valence-electron chi connectivity index (χ3n) is 4.10. The lowest BCUT2D eigenvalue weighted by Crippen LogP contribution is -2.13. The maximum Gasteiger partial charge on any atom is 0.337 e. The number of aromatic nitrogens is 1. The molecule has 0 bridgehead atoms. The van der Waals surface area contributed by atoms with Crippen molar-refractivity contribution in [1.29, 1.82) is 0 Å². The number of benzene rings is 1. The van der Waals surface area contributed by atoms with E-state index in [1.165, 1.54) is 5.56 Å². The number of nitrogens with zero attached hydrogens (tertiary/aromatic N) is 1. The van der Waals surface area contributed by atoms with Crippen LogP contribution in [0.4, 0.5) is 0 Å². The number of carbonyl (C=O) groups is 1. The van der Waals surface area contributed by atoms with E-state index in [-0.39, 0.29) is 0 Å². The summed E-state index contributed by atoms with van der Waals surface area (Å²) in [6.07, 6.45) is 2.84. The van der Waals surface area contributed by atoms with E-state index in [9.17, 15) is 9.90 Å². The molecular formula is C17H24N2O2. The van der Waals surface area contributed by atoms with Gasteiger partial charge in [0.2, 0.25) is 0 Å². The molecule has 0 aliphatic carbocycles. The summed E-state index contributed by atoms with van der Waals surface area (Å²) in [7, 11) is 0. The van der Waals surface area contributed by atoms with Crippen molar-refractivity contribution in [3.05, 3.63) is 34.5 Å². The summed E-state index contributed by atoms with van der Waals surface area (Å²) in [4.78, 5) is 11.7. The smallest absolute Gasteiger partial charge is 0.337 e. The van der Waals surface area contributed by atoms with Gasteiger partial charge in [0.15, 0.2) is 0 Å². The molecule has 2 rings (SSSR count). The molecule has 1 aromatic heterocycles. The summed E-state index contributed by atoms with van der Waals surface area (Å²) in [6, 6.07) is 3.94. The van der Waals surface area contributed by atoms with Crippen molar-refractivity contribution in [3.63, 3.8) is 0 Å². The number of carboxylic acids is 1. The molecule has 3 N–H and O–H groups in total. The Bertz CT molecular complexity index is 671. The van der Waals surface area contributed by atoms with Gasteiger partial charge in [-0.25, -0.2) is 4.79 Å². The zero-order valence-electron chi connectivity index (χ0n) is 13.1. The van der Waals surface area contributed by atoms with Crippen molar-refractivity contribution >= 4 is 16.9 Å². The molecule has 1 heterocycles. The molecular weight excluding hydrogens is 264 g/mol. The molecule has 21 heavy (non-hydrogen) atoms. The average molecular weight is 288 g/mol. The van der Waals surface area contributed by atoms with Crippen LogP contribution in [0.15, 0.2) is 12.1 Å². The number of rotatable bonds is 6. The third kappa shape index (κ3) is 2.68. The molecule has 0 aliphatic rings. The summed E-state index contributed by atoms with van der Waals surface area (Å²) >= 11 is 0. The molecule has 0 spiro atoms. The summed E-state index contributed by atoms with van der Waals surface area (Å²) in [5.74, 6) is -0.867. The molecule has 0 radical (unpaired) electrons. The van der Waals surface area contributed by atoms with E-state index in [1.54, 1.807) is 6.07 Å². The van der Waals surface area contributed by atoms with E-state index in [1.807, 2.05) is 0 Å². The van der Waals surface area contributed by atoms with E-state index >= 15 is 0 Å². The Balaban J connectivity index is 2.88. The monoisotopic (exact) mass is 288 g/mol. The zero-order chi connectivity index (χ0) is 15.6. The fourth-order valence-corrected chi connectivity index (χ4v) is 3.08. The van der Waals surface area contributed by atoms with Gasteiger partial charge in [0, 0.05) is 24.2 Å². The highest BCUT2D eigenvalue weighted by molar-refractivity contribution is 6.04. The fraction of sp³-hybridized carbons (Fsp3) is 0.471. The molecule has 0 saturated heterocycles. The highest BCUT2D eigenvalue weighted by Gasteiger charge is 2.20. The van der Waals surface area contributed by atoms with Crippen molar-refractivity contribution in [1.82, 2.24) is 4.57 Å². The van der Waals surface area contributed by atoms with Gasteiger partial charge in [-0.1, -0.05) is 20.3 Å². The van der Waals surface area contributed by atoms with Crippen LogP contribution in [0.25, 0.3) is 10.9 Å². The van der Waals surface area contributed by atoms with Crippen molar-refractivity contribution in [3.8, 4) is 0 Å². The van der Waals surface area contributed by atoms with Gasteiger partial charge in [0.05, 0.1) is 11.1 Å². The van der Waals surface area contributed by atoms with Crippen molar-refractivity contribution in [2.75, 3.05) is 6.54 Å². The summed E-state index contributed by atoms with van der Waals surface area (Å²) in [5, 5.41) is 10.7. The highest BCUT2D eigenvalue weighted by Crippen LogP contribution is 2.31. The maximum atomic E-state index is 11.7. The minimum Gasteiger partial charge on any atom is -0.478 e. The van der Waals surface area contributed by atoms with Crippen LogP contribution < -0.4 is 5.73 Å². The first-order valence-electron chi connectivity index (χ1n) is 7.63. The largest absolute Gasteiger partial charge is 0.478 e. The Morgan fingerprint density at radius 3 is 2.57 bits per heavy atom. The van der Waals surface area contributed by atoms with Crippen LogP contribution >= 0.6 is 0 Å². The molecule has 0 aliphatic heterocycles. The average Bonchev–Trinajstić information content (AvgIpc) is 2.72. The molecule has 2 aromatic rings. The van der Waals surface area contributed by atoms with Crippen LogP contribution in [0.3, 0.4) is 0 Å². The second kappa shape index (κ2) is 6.31. The minimum atomic E-state index is -0.867. The molecule has 0 amide bonds. The Hall–Kier alpha value is -1.81. The Kier molecular flexibility index (Phi) is 4.68. The number of carboxylic acid groups (broad SMARTS) is 1. The summed E-state index contributed by atoms with van der Waals surface area (Å²) in [6.45, 7) is 7.42. The lowest BCUT2D eigenvalue weighted by molar-refractivity contribution is 0.0698. The Morgan fingerprint density at radius 1 is 1.33 bits per heavy atom. The molecule has 0 fully saturated rings. The van der Waals surface area contributed by atoms with Crippen molar-refractivity contribution < 1.29 is 9.90 Å². The van der Waals surface area contributed by atoms with Gasteiger partial charge >= 0.3 is 5.97 Å². The lowest BCUT2D eigenvalue weighted by atomic mass is 10.00. The Morgan fingerprint density at radius 2 is 2.05 bits per heavy atom. The normalized spacial score (nSPS) is 11.2. The topological polar surface area (TPSA) is 68.2 Å². The number of fused-ring (bicyclic) bond motifs is 1. The first-order chi connectivity index (χ1) is 10.0. The van der Waals surface area contributed by atoms with Gasteiger partial charge < -0.3 is 15.4 Å². The first-order valence-corrected chi connectivity index (χ1v) is 7.63. The van der Waals surface area contributed by atoms with E-state index in [4.69, 9.17) is 5.73 Å². The number of hydrogen-bond donors (Lipinski definition) is 2. The second-order valence-electron chi connectivity index (χ2n) is 5.45. The number of nitrogens with two attached hydrogens (primary N) is 1. The number of hydrogen-bond acceptors (Lipinski definition) is 2. The molecule has 114 valence electrons. The van der Waals surface area contributed by atoms with Crippen molar-refractivity contribution in [2.45, 2.75) is 46.6 Å². The SMILES string of the molecule is CCCc1c(C)n(CCN)c2c(C(=O)O)cc(CC)cc12. The van der Waals surface area contributed by atoms with Gasteiger partial charge in [-0.05, 0) is 43.0 Å². The minimum absolute atomic E-state index is 0.392. The third-order valence-corrected chi connectivity index (χ3v) is 4.10. The molecule has 4 nitrogen and oxygen atoms in total. The van der Waals surface area contributed by atoms with E-state index in [2.05, 4.69) is 31.4 Å². The summed E-state index contributed by atoms with van der Waals surface area (Å²) < 4.78 is 2.07. The Labute approximate surface area is 125 Å². The van der Waals surface area contributed by atoms with E-state index in [0.29, 0.717) is 18.7 Å². The van der Waals surface area contributed by atoms with Crippen LogP contribution in [0.2, 0.25) is 0 Å². The summed E-state index contributed by atoms with van der Waals surface area (Å²) in [5.41, 5.74) is 10.4. The van der Waals surface area contributed by atoms with E-state index < -0.39 is 5.97 Å². The molecule has 0 unspecified atom stereocenters. The number of aryl methyl sites for hydroxylation is 2. The van der Waals surface area contributed by atoms with Crippen LogP contribution in [-0.2, 0) is 19.4 Å². The first kappa shape index (κ1) is 15.6. The van der Waals surface area contributed by atoms with Crippen LogP contribution in [0.1, 0.15) is 47.4 Å². The molecule has 1 aromatic carbocycles. The zero-order valence-corrected chi connectivity index (χ0v) is 13.1. The quantitative estimate of drug-likeness (QED) is 0.858. The van der Waals surface area contributed by atoms with Crippen LogP contribution in [0.5, 0.6) is 0 Å². The predicted molar refractivity (Wildman–Crippen MR) is 86.1 cm³/mol. The van der Waals surface area contributed by atoms with Crippen LogP contribution in [-0.4, -0.2) is 22.2 Å². The lowest BCUT2D eigenvalue weighted by Gasteiger charge is -2.09. The van der Waals surface area contributed by atoms with Gasteiger partial charge in [-0.15, -0.1) is 0 Å². The highest BCUT2D eigenvalue weighted by atomic mass is 16.4. The molecule has 4 heteroatoms. The van der Waals surface area contributed by atoms with Gasteiger partial charge in [0.25, 0.3) is 0 Å². The van der Waals surface area contributed by atoms with Crippen molar-refractivity contribution in [2.24, 2.45) is 5.73 Å².